The van der Waals surface area contributed by atoms with Gasteiger partial charge in [-0.3, -0.25) is 14.5 Å². The van der Waals surface area contributed by atoms with Gasteiger partial charge in [0.1, 0.15) is 12.3 Å². The quantitative estimate of drug-likeness (QED) is 0.816. The number of esters is 1. The van der Waals surface area contributed by atoms with Crippen LogP contribution in [0.25, 0.3) is 0 Å². The number of ether oxygens (including phenoxy) is 2. The van der Waals surface area contributed by atoms with Gasteiger partial charge in [0.05, 0.1) is 7.11 Å². The zero-order valence-corrected chi connectivity index (χ0v) is 12.1. The molecule has 0 N–H and O–H groups in total. The van der Waals surface area contributed by atoms with Gasteiger partial charge in [-0.1, -0.05) is 18.2 Å². The molecule has 3 rings (SSSR count). The molecule has 1 fully saturated rings. The van der Waals surface area contributed by atoms with Crippen LogP contribution in [0.1, 0.15) is 22.1 Å². The molecule has 5 heteroatoms. The predicted molar refractivity (Wildman–Crippen MR) is 79.3 cm³/mol. The van der Waals surface area contributed by atoms with E-state index in [0.29, 0.717) is 11.3 Å². The maximum atomic E-state index is 12.6. The number of amides is 1. The molecule has 0 aliphatic carbocycles. The van der Waals surface area contributed by atoms with Crippen LogP contribution in [0.15, 0.2) is 54.6 Å². The SMILES string of the molecule is COc1ccc(C2OC(=O)CN2C(=O)c2ccccc2)cc1. The molecule has 0 radical (unpaired) electrons. The minimum Gasteiger partial charge on any atom is -0.497 e. The van der Waals surface area contributed by atoms with Gasteiger partial charge in [0.25, 0.3) is 5.91 Å². The highest BCUT2D eigenvalue weighted by molar-refractivity contribution is 5.97. The number of nitrogens with zero attached hydrogens (tertiary/aromatic N) is 1. The molecule has 1 heterocycles. The summed E-state index contributed by atoms with van der Waals surface area (Å²) in [4.78, 5) is 25.7. The molecule has 5 nitrogen and oxygen atoms in total. The highest BCUT2D eigenvalue weighted by Gasteiger charge is 2.37. The number of hydrogen-bond donors (Lipinski definition) is 0. The molecule has 1 saturated heterocycles. The maximum absolute atomic E-state index is 12.6. The number of benzene rings is 2. The summed E-state index contributed by atoms with van der Waals surface area (Å²) in [5.41, 5.74) is 1.26. The van der Waals surface area contributed by atoms with E-state index in [1.807, 2.05) is 6.07 Å². The summed E-state index contributed by atoms with van der Waals surface area (Å²) in [5.74, 6) is 0.0615. The van der Waals surface area contributed by atoms with E-state index >= 15 is 0 Å². The number of carbonyl (C=O) groups is 2. The van der Waals surface area contributed by atoms with Crippen LogP contribution in [0.2, 0.25) is 0 Å². The smallest absolute Gasteiger partial charge is 0.327 e. The van der Waals surface area contributed by atoms with Gasteiger partial charge in [-0.25, -0.2) is 0 Å². The second-order valence-electron chi connectivity index (χ2n) is 4.91. The van der Waals surface area contributed by atoms with Crippen molar-refractivity contribution in [3.8, 4) is 5.75 Å². The van der Waals surface area contributed by atoms with Crippen molar-refractivity contribution in [2.45, 2.75) is 6.23 Å². The molecule has 1 aliphatic heterocycles. The Morgan fingerprint density at radius 1 is 1.14 bits per heavy atom. The molecular weight excluding hydrogens is 282 g/mol. The Balaban J connectivity index is 1.88. The van der Waals surface area contributed by atoms with Crippen molar-refractivity contribution in [1.82, 2.24) is 4.90 Å². The summed E-state index contributed by atoms with van der Waals surface area (Å²) in [6.45, 7) is -0.0512. The van der Waals surface area contributed by atoms with Crippen molar-refractivity contribution >= 4 is 11.9 Å². The van der Waals surface area contributed by atoms with E-state index in [1.165, 1.54) is 4.90 Å². The summed E-state index contributed by atoms with van der Waals surface area (Å²) >= 11 is 0. The molecule has 0 spiro atoms. The van der Waals surface area contributed by atoms with E-state index in [1.54, 1.807) is 55.6 Å². The molecule has 112 valence electrons. The maximum Gasteiger partial charge on any atom is 0.327 e. The van der Waals surface area contributed by atoms with Crippen molar-refractivity contribution in [2.75, 3.05) is 13.7 Å². The minimum absolute atomic E-state index is 0.0512. The standard InChI is InChI=1S/C17H15NO4/c1-21-14-9-7-13(8-10-14)17-18(11-15(19)22-17)16(20)12-5-3-2-4-6-12/h2-10,17H,11H2,1H3. The molecular formula is C17H15NO4. The first-order valence-corrected chi connectivity index (χ1v) is 6.88. The lowest BCUT2D eigenvalue weighted by Crippen LogP contribution is -2.31. The summed E-state index contributed by atoms with van der Waals surface area (Å²) in [5, 5.41) is 0. The third-order valence-corrected chi connectivity index (χ3v) is 3.51. The topological polar surface area (TPSA) is 55.8 Å². The van der Waals surface area contributed by atoms with Gasteiger partial charge in [-0.15, -0.1) is 0 Å². The predicted octanol–water partition coefficient (Wildman–Crippen LogP) is 2.39. The van der Waals surface area contributed by atoms with Crippen molar-refractivity contribution in [1.29, 1.82) is 0 Å². The summed E-state index contributed by atoms with van der Waals surface area (Å²) in [6.07, 6.45) is -0.703. The van der Waals surface area contributed by atoms with Crippen molar-refractivity contribution in [3.05, 3.63) is 65.7 Å². The van der Waals surface area contributed by atoms with Crippen molar-refractivity contribution in [3.63, 3.8) is 0 Å². The second kappa shape index (κ2) is 5.89. The third kappa shape index (κ3) is 2.65. The number of hydrogen-bond acceptors (Lipinski definition) is 4. The average molecular weight is 297 g/mol. The lowest BCUT2D eigenvalue weighted by atomic mass is 10.1. The Kier molecular flexibility index (Phi) is 3.78. The largest absolute Gasteiger partial charge is 0.497 e. The monoisotopic (exact) mass is 297 g/mol. The minimum atomic E-state index is -0.703. The van der Waals surface area contributed by atoms with Crippen molar-refractivity contribution in [2.24, 2.45) is 0 Å². The molecule has 0 bridgehead atoms. The Bertz CT molecular complexity index is 682. The summed E-state index contributed by atoms with van der Waals surface area (Å²) < 4.78 is 10.4. The number of rotatable bonds is 3. The highest BCUT2D eigenvalue weighted by Crippen LogP contribution is 2.30. The van der Waals surface area contributed by atoms with Crippen LogP contribution in [0, 0.1) is 0 Å². The van der Waals surface area contributed by atoms with Crippen LogP contribution in [0.3, 0.4) is 0 Å². The Labute approximate surface area is 128 Å². The van der Waals surface area contributed by atoms with Gasteiger partial charge in [0.2, 0.25) is 6.23 Å². The Morgan fingerprint density at radius 3 is 2.45 bits per heavy atom. The number of carbonyl (C=O) groups excluding carboxylic acids is 2. The summed E-state index contributed by atoms with van der Waals surface area (Å²) in [6, 6.07) is 16.0. The van der Waals surface area contributed by atoms with Crippen LogP contribution < -0.4 is 4.74 Å². The van der Waals surface area contributed by atoms with Gasteiger partial charge in [0.15, 0.2) is 0 Å². The fourth-order valence-corrected chi connectivity index (χ4v) is 2.39. The van der Waals surface area contributed by atoms with Crippen LogP contribution >= 0.6 is 0 Å². The molecule has 1 amide bonds. The summed E-state index contributed by atoms with van der Waals surface area (Å²) in [7, 11) is 1.58. The van der Waals surface area contributed by atoms with Crippen LogP contribution in [-0.2, 0) is 9.53 Å². The first-order valence-electron chi connectivity index (χ1n) is 6.88. The third-order valence-electron chi connectivity index (χ3n) is 3.51. The highest BCUT2D eigenvalue weighted by atomic mass is 16.6. The first-order chi connectivity index (χ1) is 10.7. The molecule has 2 aromatic carbocycles. The molecule has 0 saturated carbocycles. The van der Waals surface area contributed by atoms with Crippen LogP contribution in [0.5, 0.6) is 5.75 Å². The molecule has 2 aromatic rings. The van der Waals surface area contributed by atoms with E-state index in [-0.39, 0.29) is 12.5 Å². The Morgan fingerprint density at radius 2 is 1.82 bits per heavy atom. The zero-order chi connectivity index (χ0) is 15.5. The normalized spacial score (nSPS) is 17.2. The molecule has 22 heavy (non-hydrogen) atoms. The molecule has 1 atom stereocenters. The van der Waals surface area contributed by atoms with E-state index in [9.17, 15) is 9.59 Å². The molecule has 1 unspecified atom stereocenters. The van der Waals surface area contributed by atoms with Crippen molar-refractivity contribution < 1.29 is 19.1 Å². The fourth-order valence-electron chi connectivity index (χ4n) is 2.39. The molecule has 0 aromatic heterocycles. The number of methoxy groups -OCH3 is 1. The van der Waals surface area contributed by atoms with E-state index in [4.69, 9.17) is 9.47 Å². The first kappa shape index (κ1) is 14.1. The lowest BCUT2D eigenvalue weighted by molar-refractivity contribution is -0.141. The Hall–Kier alpha value is -2.82. The second-order valence-corrected chi connectivity index (χ2v) is 4.91. The van der Waals surface area contributed by atoms with Gasteiger partial charge in [-0.2, -0.15) is 0 Å². The van der Waals surface area contributed by atoms with E-state index in [0.717, 1.165) is 5.56 Å². The van der Waals surface area contributed by atoms with Crippen LogP contribution in [-0.4, -0.2) is 30.4 Å². The fraction of sp³-hybridized carbons (Fsp3) is 0.176. The van der Waals surface area contributed by atoms with E-state index in [2.05, 4.69) is 0 Å². The lowest BCUT2D eigenvalue weighted by Gasteiger charge is -2.22. The molecule has 1 aliphatic rings. The average Bonchev–Trinajstić information content (AvgIpc) is 2.97. The van der Waals surface area contributed by atoms with Crippen LogP contribution in [0.4, 0.5) is 0 Å². The van der Waals surface area contributed by atoms with Gasteiger partial charge in [-0.05, 0) is 36.4 Å². The van der Waals surface area contributed by atoms with Gasteiger partial charge in [0, 0.05) is 11.1 Å². The zero-order valence-electron chi connectivity index (χ0n) is 12.1. The van der Waals surface area contributed by atoms with Gasteiger partial charge >= 0.3 is 5.97 Å². The number of cyclic esters (lactones) is 1. The van der Waals surface area contributed by atoms with E-state index < -0.39 is 12.2 Å². The van der Waals surface area contributed by atoms with Gasteiger partial charge < -0.3 is 9.47 Å².